The summed E-state index contributed by atoms with van der Waals surface area (Å²) in [5.41, 5.74) is 6.12. The smallest absolute Gasteiger partial charge is 0.317 e. The van der Waals surface area contributed by atoms with E-state index in [1.165, 1.54) is 0 Å². The molecule has 0 aliphatic carbocycles. The van der Waals surface area contributed by atoms with Gasteiger partial charge in [-0.2, -0.15) is 0 Å². The standard InChI is InChI=1S/C19H26N4O4/c1-2-27-16-5-3-15(4-6-16)23-12-14(11-17(23)24)21-19(26)22-9-7-13(8-10-22)18(20)25/h3-6,13-14H,2,7-12H2,1H3,(H2,20,25)(H,21,26). The first-order valence-electron chi connectivity index (χ1n) is 9.36. The Bertz CT molecular complexity index is 698. The monoisotopic (exact) mass is 374 g/mol. The van der Waals surface area contributed by atoms with Gasteiger partial charge in [0.15, 0.2) is 0 Å². The molecule has 3 N–H and O–H groups in total. The Balaban J connectivity index is 1.53. The molecule has 1 unspecified atom stereocenters. The van der Waals surface area contributed by atoms with Crippen molar-refractivity contribution in [2.24, 2.45) is 11.7 Å². The van der Waals surface area contributed by atoms with Gasteiger partial charge in [-0.15, -0.1) is 0 Å². The van der Waals surface area contributed by atoms with Crippen LogP contribution >= 0.6 is 0 Å². The minimum atomic E-state index is -0.303. The number of carbonyl (C=O) groups is 3. The number of primary amides is 1. The van der Waals surface area contributed by atoms with E-state index in [2.05, 4.69) is 5.32 Å². The number of ether oxygens (including phenoxy) is 1. The molecule has 2 fully saturated rings. The minimum Gasteiger partial charge on any atom is -0.494 e. The number of rotatable bonds is 5. The molecule has 27 heavy (non-hydrogen) atoms. The lowest BCUT2D eigenvalue weighted by Gasteiger charge is -2.31. The number of nitrogens with two attached hydrogens (primary N) is 1. The highest BCUT2D eigenvalue weighted by molar-refractivity contribution is 5.96. The van der Waals surface area contributed by atoms with E-state index in [9.17, 15) is 14.4 Å². The van der Waals surface area contributed by atoms with Crippen LogP contribution < -0.4 is 20.7 Å². The summed E-state index contributed by atoms with van der Waals surface area (Å²) in [7, 11) is 0. The number of hydrogen-bond acceptors (Lipinski definition) is 4. The molecule has 0 spiro atoms. The minimum absolute atomic E-state index is 0.0168. The fourth-order valence-corrected chi connectivity index (χ4v) is 3.58. The fourth-order valence-electron chi connectivity index (χ4n) is 3.58. The van der Waals surface area contributed by atoms with Crippen LogP contribution in [0, 0.1) is 5.92 Å². The van der Waals surface area contributed by atoms with Gasteiger partial charge in [-0.05, 0) is 44.0 Å². The molecule has 4 amide bonds. The van der Waals surface area contributed by atoms with Crippen molar-refractivity contribution in [3.05, 3.63) is 24.3 Å². The van der Waals surface area contributed by atoms with Crippen molar-refractivity contribution in [3.8, 4) is 5.75 Å². The quantitative estimate of drug-likeness (QED) is 0.805. The summed E-state index contributed by atoms with van der Waals surface area (Å²) in [5, 5.41) is 2.94. The van der Waals surface area contributed by atoms with E-state index in [0.717, 1.165) is 11.4 Å². The third-order valence-electron chi connectivity index (χ3n) is 5.10. The van der Waals surface area contributed by atoms with Gasteiger partial charge >= 0.3 is 6.03 Å². The average Bonchev–Trinajstić information content (AvgIpc) is 3.02. The van der Waals surface area contributed by atoms with Crippen LogP contribution in [0.15, 0.2) is 24.3 Å². The molecule has 0 saturated carbocycles. The second-order valence-electron chi connectivity index (χ2n) is 6.95. The first-order chi connectivity index (χ1) is 13.0. The van der Waals surface area contributed by atoms with Crippen molar-refractivity contribution in [3.63, 3.8) is 0 Å². The number of nitrogens with zero attached hydrogens (tertiary/aromatic N) is 2. The third-order valence-corrected chi connectivity index (χ3v) is 5.10. The number of amides is 4. The molecule has 2 saturated heterocycles. The first kappa shape index (κ1) is 19.0. The molecule has 2 heterocycles. The number of anilines is 1. The maximum atomic E-state index is 12.4. The van der Waals surface area contributed by atoms with Crippen molar-refractivity contribution in [1.29, 1.82) is 0 Å². The largest absolute Gasteiger partial charge is 0.494 e. The van der Waals surface area contributed by atoms with Gasteiger partial charge in [0.25, 0.3) is 0 Å². The number of hydrogen-bond donors (Lipinski definition) is 2. The Morgan fingerprint density at radius 3 is 2.48 bits per heavy atom. The Morgan fingerprint density at radius 1 is 1.22 bits per heavy atom. The molecular formula is C19H26N4O4. The van der Waals surface area contributed by atoms with E-state index < -0.39 is 0 Å². The fraction of sp³-hybridized carbons (Fsp3) is 0.526. The molecule has 2 aliphatic rings. The third kappa shape index (κ3) is 4.50. The van der Waals surface area contributed by atoms with Crippen molar-refractivity contribution in [2.45, 2.75) is 32.2 Å². The number of piperidine rings is 1. The molecule has 8 nitrogen and oxygen atoms in total. The predicted octanol–water partition coefficient (Wildman–Crippen LogP) is 1.10. The summed E-state index contributed by atoms with van der Waals surface area (Å²) in [6.07, 6.45) is 1.45. The Hall–Kier alpha value is -2.77. The Kier molecular flexibility index (Phi) is 5.83. The van der Waals surface area contributed by atoms with Gasteiger partial charge in [0.1, 0.15) is 5.75 Å². The number of urea groups is 1. The van der Waals surface area contributed by atoms with Gasteiger partial charge in [-0.25, -0.2) is 4.79 Å². The van der Waals surface area contributed by atoms with Crippen LogP contribution in [0.1, 0.15) is 26.2 Å². The molecule has 2 aliphatic heterocycles. The second kappa shape index (κ2) is 8.28. The summed E-state index contributed by atoms with van der Waals surface area (Å²) < 4.78 is 5.42. The van der Waals surface area contributed by atoms with Gasteiger partial charge in [0, 0.05) is 37.7 Å². The van der Waals surface area contributed by atoms with E-state index in [4.69, 9.17) is 10.5 Å². The van der Waals surface area contributed by atoms with E-state index in [1.54, 1.807) is 9.80 Å². The summed E-state index contributed by atoms with van der Waals surface area (Å²) in [4.78, 5) is 39.4. The van der Waals surface area contributed by atoms with Crippen LogP contribution in [0.4, 0.5) is 10.5 Å². The topological polar surface area (TPSA) is 105 Å². The molecule has 146 valence electrons. The van der Waals surface area contributed by atoms with E-state index in [0.29, 0.717) is 39.1 Å². The molecule has 1 aromatic rings. The molecular weight excluding hydrogens is 348 g/mol. The highest BCUT2D eigenvalue weighted by Crippen LogP contribution is 2.24. The number of likely N-dealkylation sites (tertiary alicyclic amines) is 1. The maximum absolute atomic E-state index is 12.4. The zero-order valence-electron chi connectivity index (χ0n) is 15.5. The molecule has 3 rings (SSSR count). The number of carbonyl (C=O) groups excluding carboxylic acids is 3. The zero-order chi connectivity index (χ0) is 19.4. The molecule has 8 heteroatoms. The van der Waals surface area contributed by atoms with Crippen molar-refractivity contribution < 1.29 is 19.1 Å². The molecule has 0 radical (unpaired) electrons. The normalized spacial score (nSPS) is 20.6. The van der Waals surface area contributed by atoms with Crippen LogP contribution in [0.3, 0.4) is 0 Å². The lowest BCUT2D eigenvalue weighted by molar-refractivity contribution is -0.123. The number of benzene rings is 1. The highest BCUT2D eigenvalue weighted by Gasteiger charge is 2.33. The SMILES string of the molecule is CCOc1ccc(N2CC(NC(=O)N3CCC(C(N)=O)CC3)CC2=O)cc1. The van der Waals surface area contributed by atoms with Crippen LogP contribution in [-0.4, -0.2) is 55.0 Å². The van der Waals surface area contributed by atoms with Crippen LogP contribution in [-0.2, 0) is 9.59 Å². The Labute approximate surface area is 158 Å². The second-order valence-corrected chi connectivity index (χ2v) is 6.95. The number of nitrogens with one attached hydrogen (secondary N) is 1. The van der Waals surface area contributed by atoms with Gasteiger partial charge < -0.3 is 25.6 Å². The van der Waals surface area contributed by atoms with Gasteiger partial charge in [0.2, 0.25) is 11.8 Å². The molecule has 0 bridgehead atoms. The lowest BCUT2D eigenvalue weighted by atomic mass is 9.96. The van der Waals surface area contributed by atoms with Crippen molar-refractivity contribution >= 4 is 23.5 Å². The Morgan fingerprint density at radius 2 is 1.89 bits per heavy atom. The molecule has 1 aromatic carbocycles. The van der Waals surface area contributed by atoms with Crippen LogP contribution in [0.2, 0.25) is 0 Å². The maximum Gasteiger partial charge on any atom is 0.317 e. The van der Waals surface area contributed by atoms with Crippen molar-refractivity contribution in [1.82, 2.24) is 10.2 Å². The van der Waals surface area contributed by atoms with Crippen LogP contribution in [0.25, 0.3) is 0 Å². The van der Waals surface area contributed by atoms with Crippen LogP contribution in [0.5, 0.6) is 5.75 Å². The van der Waals surface area contributed by atoms with Gasteiger partial charge in [0.05, 0.1) is 12.6 Å². The average molecular weight is 374 g/mol. The first-order valence-corrected chi connectivity index (χ1v) is 9.36. The van der Waals surface area contributed by atoms with Gasteiger partial charge in [-0.1, -0.05) is 0 Å². The zero-order valence-corrected chi connectivity index (χ0v) is 15.5. The van der Waals surface area contributed by atoms with E-state index in [-0.39, 0.29) is 36.2 Å². The molecule has 1 atom stereocenters. The lowest BCUT2D eigenvalue weighted by Crippen LogP contribution is -2.49. The molecule has 0 aromatic heterocycles. The summed E-state index contributed by atoms with van der Waals surface area (Å²) in [6.45, 7) is 3.95. The van der Waals surface area contributed by atoms with E-state index in [1.807, 2.05) is 31.2 Å². The van der Waals surface area contributed by atoms with Gasteiger partial charge in [-0.3, -0.25) is 9.59 Å². The summed E-state index contributed by atoms with van der Waals surface area (Å²) >= 11 is 0. The highest BCUT2D eigenvalue weighted by atomic mass is 16.5. The summed E-state index contributed by atoms with van der Waals surface area (Å²) in [6, 6.07) is 6.94. The van der Waals surface area contributed by atoms with Crippen molar-refractivity contribution in [2.75, 3.05) is 31.1 Å². The predicted molar refractivity (Wildman–Crippen MR) is 100 cm³/mol. The van der Waals surface area contributed by atoms with E-state index >= 15 is 0 Å². The summed E-state index contributed by atoms with van der Waals surface area (Å²) in [5.74, 6) is 0.286.